The molecule has 2 aromatic carbocycles. The van der Waals surface area contributed by atoms with Crippen LogP contribution in [0, 0.1) is 6.92 Å². The SMILES string of the molecule is COc1cccc2c1CC1(C)OC2(C)Oc2ccc(C)cc21. The van der Waals surface area contributed by atoms with Gasteiger partial charge in [-0.25, -0.2) is 0 Å². The van der Waals surface area contributed by atoms with Crippen molar-refractivity contribution in [1.29, 1.82) is 0 Å². The molecule has 0 radical (unpaired) electrons. The van der Waals surface area contributed by atoms with Crippen molar-refractivity contribution in [2.45, 2.75) is 38.6 Å². The van der Waals surface area contributed by atoms with E-state index in [1.165, 1.54) is 11.1 Å². The Balaban J connectivity index is 1.97. The predicted octanol–water partition coefficient (Wildman–Crippen LogP) is 4.06. The van der Waals surface area contributed by atoms with E-state index in [1.807, 2.05) is 19.1 Å². The minimum atomic E-state index is -0.779. The van der Waals surface area contributed by atoms with Crippen LogP contribution in [-0.4, -0.2) is 7.11 Å². The number of hydrogen-bond donors (Lipinski definition) is 0. The summed E-state index contributed by atoms with van der Waals surface area (Å²) < 4.78 is 18.3. The maximum atomic E-state index is 6.43. The van der Waals surface area contributed by atoms with Crippen molar-refractivity contribution in [2.24, 2.45) is 0 Å². The van der Waals surface area contributed by atoms with Crippen molar-refractivity contribution in [3.63, 3.8) is 0 Å². The lowest BCUT2D eigenvalue weighted by Crippen LogP contribution is -2.51. The molecule has 2 atom stereocenters. The molecule has 2 bridgehead atoms. The summed E-state index contributed by atoms with van der Waals surface area (Å²) in [4.78, 5) is 0. The number of benzene rings is 2. The number of fused-ring (bicyclic) bond motifs is 6. The highest BCUT2D eigenvalue weighted by Crippen LogP contribution is 2.54. The summed E-state index contributed by atoms with van der Waals surface area (Å²) in [6.45, 7) is 6.22. The quantitative estimate of drug-likeness (QED) is 0.794. The van der Waals surface area contributed by atoms with Crippen molar-refractivity contribution in [1.82, 2.24) is 0 Å². The Morgan fingerprint density at radius 2 is 1.91 bits per heavy atom. The lowest BCUT2D eigenvalue weighted by atomic mass is 9.79. The standard InChI is InChI=1S/C19H20O3/c1-12-8-9-17-15(10-12)18(2)11-13-14(19(3,21-17)22-18)6-5-7-16(13)20-4/h5-10H,11H2,1-4H3. The highest BCUT2D eigenvalue weighted by molar-refractivity contribution is 5.51. The predicted molar refractivity (Wildman–Crippen MR) is 84.3 cm³/mol. The average Bonchev–Trinajstić information content (AvgIpc) is 2.47. The van der Waals surface area contributed by atoms with Gasteiger partial charge in [0.2, 0.25) is 5.79 Å². The summed E-state index contributed by atoms with van der Waals surface area (Å²) in [7, 11) is 1.71. The molecule has 2 aliphatic rings. The maximum absolute atomic E-state index is 6.43. The van der Waals surface area contributed by atoms with Crippen molar-refractivity contribution in [3.8, 4) is 11.5 Å². The van der Waals surface area contributed by atoms with Gasteiger partial charge in [0.1, 0.15) is 17.1 Å². The molecule has 0 spiro atoms. The van der Waals surface area contributed by atoms with Crippen LogP contribution in [0.3, 0.4) is 0 Å². The van der Waals surface area contributed by atoms with Crippen LogP contribution < -0.4 is 9.47 Å². The molecule has 4 rings (SSSR count). The lowest BCUT2D eigenvalue weighted by Gasteiger charge is -2.50. The molecule has 0 amide bonds. The molecule has 0 fully saturated rings. The fourth-order valence-electron chi connectivity index (χ4n) is 3.80. The second kappa shape index (κ2) is 4.26. The Kier molecular flexibility index (Phi) is 2.64. The molecule has 22 heavy (non-hydrogen) atoms. The number of methoxy groups -OCH3 is 1. The Morgan fingerprint density at radius 3 is 2.68 bits per heavy atom. The third kappa shape index (κ3) is 1.72. The fourth-order valence-corrected chi connectivity index (χ4v) is 3.80. The monoisotopic (exact) mass is 296 g/mol. The molecular formula is C19H20O3. The van der Waals surface area contributed by atoms with Crippen LogP contribution in [0.5, 0.6) is 11.5 Å². The van der Waals surface area contributed by atoms with E-state index in [0.29, 0.717) is 0 Å². The molecule has 2 aliphatic heterocycles. The van der Waals surface area contributed by atoms with Gasteiger partial charge in [0.05, 0.1) is 7.11 Å². The van der Waals surface area contributed by atoms with Crippen LogP contribution in [0.2, 0.25) is 0 Å². The van der Waals surface area contributed by atoms with Crippen LogP contribution in [-0.2, 0) is 22.5 Å². The molecule has 0 aliphatic carbocycles. The van der Waals surface area contributed by atoms with E-state index in [4.69, 9.17) is 14.2 Å². The zero-order valence-corrected chi connectivity index (χ0v) is 13.4. The van der Waals surface area contributed by atoms with E-state index >= 15 is 0 Å². The normalized spacial score (nSPS) is 28.4. The highest BCUT2D eigenvalue weighted by Gasteiger charge is 2.52. The molecule has 2 heterocycles. The van der Waals surface area contributed by atoms with E-state index < -0.39 is 11.4 Å². The number of rotatable bonds is 1. The minimum absolute atomic E-state index is 0.407. The maximum Gasteiger partial charge on any atom is 0.235 e. The van der Waals surface area contributed by atoms with Crippen molar-refractivity contribution in [3.05, 3.63) is 58.7 Å². The van der Waals surface area contributed by atoms with E-state index in [9.17, 15) is 0 Å². The van der Waals surface area contributed by atoms with E-state index in [2.05, 4.69) is 38.1 Å². The molecular weight excluding hydrogens is 276 g/mol. The van der Waals surface area contributed by atoms with Gasteiger partial charge in [-0.3, -0.25) is 0 Å². The van der Waals surface area contributed by atoms with E-state index in [-0.39, 0.29) is 0 Å². The Hall–Kier alpha value is -2.00. The molecule has 0 saturated carbocycles. The van der Waals surface area contributed by atoms with Gasteiger partial charge in [-0.05, 0) is 32.0 Å². The van der Waals surface area contributed by atoms with Gasteiger partial charge in [-0.1, -0.05) is 23.8 Å². The molecule has 3 heteroatoms. The summed E-state index contributed by atoms with van der Waals surface area (Å²) in [6.07, 6.45) is 0.780. The smallest absolute Gasteiger partial charge is 0.235 e. The number of ether oxygens (including phenoxy) is 3. The van der Waals surface area contributed by atoms with Gasteiger partial charge in [0, 0.05) is 30.0 Å². The van der Waals surface area contributed by atoms with Crippen LogP contribution >= 0.6 is 0 Å². The first-order valence-electron chi connectivity index (χ1n) is 7.62. The first kappa shape index (κ1) is 13.6. The van der Waals surface area contributed by atoms with Crippen LogP contribution in [0.4, 0.5) is 0 Å². The molecule has 0 N–H and O–H groups in total. The minimum Gasteiger partial charge on any atom is -0.496 e. The first-order chi connectivity index (χ1) is 10.5. The summed E-state index contributed by atoms with van der Waals surface area (Å²) in [6, 6.07) is 12.4. The first-order valence-corrected chi connectivity index (χ1v) is 7.62. The zero-order chi connectivity index (χ0) is 15.5. The molecule has 2 aromatic rings. The highest BCUT2D eigenvalue weighted by atomic mass is 16.7. The Bertz CT molecular complexity index is 767. The van der Waals surface area contributed by atoms with Gasteiger partial charge >= 0.3 is 0 Å². The third-order valence-electron chi connectivity index (χ3n) is 4.79. The van der Waals surface area contributed by atoms with Crippen molar-refractivity contribution in [2.75, 3.05) is 7.11 Å². The van der Waals surface area contributed by atoms with Gasteiger partial charge in [-0.15, -0.1) is 0 Å². The largest absolute Gasteiger partial charge is 0.496 e. The Labute approximate surface area is 130 Å². The van der Waals surface area contributed by atoms with Crippen LogP contribution in [0.15, 0.2) is 36.4 Å². The third-order valence-corrected chi connectivity index (χ3v) is 4.79. The van der Waals surface area contributed by atoms with Gasteiger partial charge < -0.3 is 14.2 Å². The van der Waals surface area contributed by atoms with Gasteiger partial charge in [0.25, 0.3) is 0 Å². The number of aryl methyl sites for hydroxylation is 1. The summed E-state index contributed by atoms with van der Waals surface area (Å²) in [5.74, 6) is 1.03. The van der Waals surface area contributed by atoms with Crippen molar-refractivity contribution < 1.29 is 14.2 Å². The topological polar surface area (TPSA) is 27.7 Å². The average molecular weight is 296 g/mol. The molecule has 0 aromatic heterocycles. The Morgan fingerprint density at radius 1 is 1.09 bits per heavy atom. The van der Waals surface area contributed by atoms with E-state index in [1.54, 1.807) is 7.11 Å². The second-order valence-electron chi connectivity index (χ2n) is 6.54. The van der Waals surface area contributed by atoms with Gasteiger partial charge in [-0.2, -0.15) is 0 Å². The summed E-state index contributed by atoms with van der Waals surface area (Å²) >= 11 is 0. The number of hydrogen-bond acceptors (Lipinski definition) is 3. The fraction of sp³-hybridized carbons (Fsp3) is 0.368. The van der Waals surface area contributed by atoms with Gasteiger partial charge in [0.15, 0.2) is 0 Å². The van der Waals surface area contributed by atoms with Crippen molar-refractivity contribution >= 4 is 0 Å². The van der Waals surface area contributed by atoms with Crippen LogP contribution in [0.1, 0.15) is 36.1 Å². The lowest BCUT2D eigenvalue weighted by molar-refractivity contribution is -0.275. The zero-order valence-electron chi connectivity index (χ0n) is 13.4. The molecule has 3 nitrogen and oxygen atoms in total. The van der Waals surface area contributed by atoms with E-state index in [0.717, 1.165) is 29.0 Å². The van der Waals surface area contributed by atoms with Crippen LogP contribution in [0.25, 0.3) is 0 Å². The summed E-state index contributed by atoms with van der Waals surface area (Å²) in [5, 5.41) is 0. The molecule has 0 saturated heterocycles. The summed E-state index contributed by atoms with van der Waals surface area (Å²) in [5.41, 5.74) is 4.14. The molecule has 2 unspecified atom stereocenters. The molecule has 114 valence electrons. The second-order valence-corrected chi connectivity index (χ2v) is 6.54.